The van der Waals surface area contributed by atoms with E-state index in [4.69, 9.17) is 14.2 Å². The Morgan fingerprint density at radius 2 is 1.38 bits per heavy atom. The van der Waals surface area contributed by atoms with Crippen LogP contribution in [0.15, 0.2) is 91.0 Å². The first kappa shape index (κ1) is 26.0. The number of rotatable bonds is 11. The number of hydrogen-bond acceptors (Lipinski definition) is 4. The molecule has 0 spiro atoms. The molecule has 4 rings (SSSR count). The molecule has 0 amide bonds. The molecule has 0 bridgehead atoms. The molecule has 4 nitrogen and oxygen atoms in total. The van der Waals surface area contributed by atoms with Gasteiger partial charge in [-0.3, -0.25) is 4.79 Å². The van der Waals surface area contributed by atoms with E-state index in [1.807, 2.05) is 55.5 Å². The van der Waals surface area contributed by atoms with Gasteiger partial charge in [-0.05, 0) is 84.8 Å². The minimum Gasteiger partial charge on any atom is -0.489 e. The smallest absolute Gasteiger partial charge is 0.306 e. The molecule has 0 saturated carbocycles. The molecule has 0 unspecified atom stereocenters. The van der Waals surface area contributed by atoms with Crippen molar-refractivity contribution < 1.29 is 19.0 Å². The van der Waals surface area contributed by atoms with Crippen LogP contribution in [0, 0.1) is 13.8 Å². The van der Waals surface area contributed by atoms with Crippen molar-refractivity contribution in [2.75, 3.05) is 6.61 Å². The SMILES string of the molecule is CCOC(=O)CCc1ccc(OCc2ccc(OCc3ccccc3)c(-c3c(C)cccc3C)c2)cc1. The maximum absolute atomic E-state index is 11.6. The highest BCUT2D eigenvalue weighted by molar-refractivity contribution is 5.76. The molecule has 4 heteroatoms. The fourth-order valence-electron chi connectivity index (χ4n) is 4.36. The van der Waals surface area contributed by atoms with Gasteiger partial charge < -0.3 is 14.2 Å². The summed E-state index contributed by atoms with van der Waals surface area (Å²) in [4.78, 5) is 11.6. The minimum atomic E-state index is -0.168. The molecule has 190 valence electrons. The Labute approximate surface area is 219 Å². The van der Waals surface area contributed by atoms with Crippen LogP contribution in [0.1, 0.15) is 41.2 Å². The third-order valence-electron chi connectivity index (χ3n) is 6.28. The highest BCUT2D eigenvalue weighted by atomic mass is 16.5. The number of carbonyl (C=O) groups is 1. The molecular formula is C33H34O4. The average molecular weight is 495 g/mol. The lowest BCUT2D eigenvalue weighted by atomic mass is 9.94. The van der Waals surface area contributed by atoms with E-state index < -0.39 is 0 Å². The highest BCUT2D eigenvalue weighted by Gasteiger charge is 2.13. The van der Waals surface area contributed by atoms with Gasteiger partial charge in [0.15, 0.2) is 0 Å². The molecule has 0 radical (unpaired) electrons. The molecule has 0 aliphatic rings. The van der Waals surface area contributed by atoms with Crippen molar-refractivity contribution in [1.82, 2.24) is 0 Å². The van der Waals surface area contributed by atoms with Crippen LogP contribution in [-0.4, -0.2) is 12.6 Å². The van der Waals surface area contributed by atoms with Gasteiger partial charge in [-0.1, -0.05) is 66.7 Å². The van der Waals surface area contributed by atoms with Crippen LogP contribution in [0.4, 0.5) is 0 Å². The summed E-state index contributed by atoms with van der Waals surface area (Å²) in [6, 6.07) is 30.7. The second-order valence-corrected chi connectivity index (χ2v) is 9.11. The molecule has 0 heterocycles. The zero-order valence-corrected chi connectivity index (χ0v) is 21.8. The lowest BCUT2D eigenvalue weighted by Gasteiger charge is -2.17. The Kier molecular flexibility index (Phi) is 8.98. The topological polar surface area (TPSA) is 44.8 Å². The van der Waals surface area contributed by atoms with Gasteiger partial charge in [0.2, 0.25) is 0 Å². The molecule has 4 aromatic rings. The van der Waals surface area contributed by atoms with Gasteiger partial charge in [0.25, 0.3) is 0 Å². The van der Waals surface area contributed by atoms with Crippen LogP contribution in [0.2, 0.25) is 0 Å². The zero-order chi connectivity index (χ0) is 26.0. The lowest BCUT2D eigenvalue weighted by Crippen LogP contribution is -2.05. The highest BCUT2D eigenvalue weighted by Crippen LogP contribution is 2.36. The summed E-state index contributed by atoms with van der Waals surface area (Å²) in [5.41, 5.74) is 7.96. The largest absolute Gasteiger partial charge is 0.489 e. The number of aryl methyl sites for hydroxylation is 3. The van der Waals surface area contributed by atoms with E-state index in [-0.39, 0.29) is 5.97 Å². The zero-order valence-electron chi connectivity index (χ0n) is 21.8. The van der Waals surface area contributed by atoms with E-state index >= 15 is 0 Å². The average Bonchev–Trinajstić information content (AvgIpc) is 2.91. The van der Waals surface area contributed by atoms with Crippen molar-refractivity contribution >= 4 is 5.97 Å². The van der Waals surface area contributed by atoms with Crippen molar-refractivity contribution in [3.05, 3.63) is 119 Å². The summed E-state index contributed by atoms with van der Waals surface area (Å²) in [5, 5.41) is 0. The fourth-order valence-corrected chi connectivity index (χ4v) is 4.36. The Bertz CT molecular complexity index is 1290. The lowest BCUT2D eigenvalue weighted by molar-refractivity contribution is -0.143. The Morgan fingerprint density at radius 1 is 0.703 bits per heavy atom. The maximum atomic E-state index is 11.6. The first-order chi connectivity index (χ1) is 18.0. The normalized spacial score (nSPS) is 10.7. The van der Waals surface area contributed by atoms with Gasteiger partial charge in [-0.15, -0.1) is 0 Å². The summed E-state index contributed by atoms with van der Waals surface area (Å²) in [6.45, 7) is 7.46. The van der Waals surface area contributed by atoms with Crippen LogP contribution in [0.3, 0.4) is 0 Å². The van der Waals surface area contributed by atoms with E-state index in [9.17, 15) is 4.79 Å². The van der Waals surface area contributed by atoms with Crippen LogP contribution < -0.4 is 9.47 Å². The van der Waals surface area contributed by atoms with E-state index in [0.29, 0.717) is 32.7 Å². The van der Waals surface area contributed by atoms with Crippen molar-refractivity contribution in [2.45, 2.75) is 46.8 Å². The van der Waals surface area contributed by atoms with Gasteiger partial charge in [-0.2, -0.15) is 0 Å². The van der Waals surface area contributed by atoms with E-state index in [2.05, 4.69) is 56.3 Å². The standard InChI is InChI=1S/C33H34O4/c1-4-35-32(34)20-16-26-13-17-29(18-14-26)36-23-28-15-19-31(37-22-27-11-6-5-7-12-27)30(21-28)33-24(2)9-8-10-25(33)3/h5-15,17-19,21H,4,16,20,22-23H2,1-3H3. The Hall–Kier alpha value is -4.05. The molecule has 0 aliphatic carbocycles. The third kappa shape index (κ3) is 7.23. The molecule has 0 fully saturated rings. The number of ether oxygens (including phenoxy) is 3. The first-order valence-electron chi connectivity index (χ1n) is 12.8. The quantitative estimate of drug-likeness (QED) is 0.201. The molecular weight excluding hydrogens is 460 g/mol. The van der Waals surface area contributed by atoms with Gasteiger partial charge in [0, 0.05) is 12.0 Å². The van der Waals surface area contributed by atoms with Crippen LogP contribution in [-0.2, 0) is 29.2 Å². The molecule has 4 aromatic carbocycles. The van der Waals surface area contributed by atoms with Crippen LogP contribution >= 0.6 is 0 Å². The van der Waals surface area contributed by atoms with Crippen molar-refractivity contribution in [3.63, 3.8) is 0 Å². The first-order valence-corrected chi connectivity index (χ1v) is 12.8. The van der Waals surface area contributed by atoms with E-state index in [1.165, 1.54) is 16.7 Å². The van der Waals surface area contributed by atoms with Crippen molar-refractivity contribution in [3.8, 4) is 22.6 Å². The number of carbonyl (C=O) groups excluding carboxylic acids is 1. The van der Waals surface area contributed by atoms with Gasteiger partial charge in [-0.25, -0.2) is 0 Å². The van der Waals surface area contributed by atoms with Gasteiger partial charge >= 0.3 is 5.97 Å². The van der Waals surface area contributed by atoms with Gasteiger partial charge in [0.1, 0.15) is 24.7 Å². The van der Waals surface area contributed by atoms with Crippen molar-refractivity contribution in [1.29, 1.82) is 0 Å². The van der Waals surface area contributed by atoms with Gasteiger partial charge in [0.05, 0.1) is 6.61 Å². The van der Waals surface area contributed by atoms with E-state index in [1.54, 1.807) is 0 Å². The molecule has 0 aliphatic heterocycles. The van der Waals surface area contributed by atoms with E-state index in [0.717, 1.165) is 33.8 Å². The second kappa shape index (κ2) is 12.8. The monoisotopic (exact) mass is 494 g/mol. The molecule has 0 saturated heterocycles. The van der Waals surface area contributed by atoms with Crippen LogP contribution in [0.5, 0.6) is 11.5 Å². The van der Waals surface area contributed by atoms with Crippen LogP contribution in [0.25, 0.3) is 11.1 Å². The summed E-state index contributed by atoms with van der Waals surface area (Å²) >= 11 is 0. The summed E-state index contributed by atoms with van der Waals surface area (Å²) in [7, 11) is 0. The minimum absolute atomic E-state index is 0.168. The summed E-state index contributed by atoms with van der Waals surface area (Å²) in [6.07, 6.45) is 1.04. The predicted octanol–water partition coefficient (Wildman–Crippen LogP) is 7.62. The second-order valence-electron chi connectivity index (χ2n) is 9.11. The third-order valence-corrected chi connectivity index (χ3v) is 6.28. The number of hydrogen-bond donors (Lipinski definition) is 0. The summed E-state index contributed by atoms with van der Waals surface area (Å²) < 4.78 is 17.4. The molecule has 0 atom stereocenters. The Balaban J connectivity index is 1.48. The predicted molar refractivity (Wildman–Crippen MR) is 148 cm³/mol. The molecule has 37 heavy (non-hydrogen) atoms. The number of esters is 1. The number of benzene rings is 4. The maximum Gasteiger partial charge on any atom is 0.306 e. The molecule has 0 aromatic heterocycles. The fraction of sp³-hybridized carbons (Fsp3) is 0.242. The Morgan fingerprint density at radius 3 is 2.08 bits per heavy atom. The van der Waals surface area contributed by atoms with Crippen molar-refractivity contribution in [2.24, 2.45) is 0 Å². The summed E-state index contributed by atoms with van der Waals surface area (Å²) in [5.74, 6) is 1.48. The molecule has 0 N–H and O–H groups in total.